The second-order valence-electron chi connectivity index (χ2n) is 3.70. The SMILES string of the molecule is CC.CN.CO.O=c1nc(N[O][Tl])ccn1C1CCC(CO)O1. The fourth-order valence-electron chi connectivity index (χ4n) is 1.77. The zero-order valence-corrected chi connectivity index (χ0v) is 18.6. The van der Waals surface area contributed by atoms with Crippen molar-refractivity contribution in [3.63, 3.8) is 0 Å². The predicted octanol–water partition coefficient (Wildman–Crippen LogP) is -0.450. The molecule has 1 aromatic rings. The number of hydrogen-bond donors (Lipinski definition) is 4. The molecule has 1 saturated heterocycles. The van der Waals surface area contributed by atoms with Crippen LogP contribution in [0.1, 0.15) is 32.9 Å². The van der Waals surface area contributed by atoms with E-state index in [2.05, 4.69) is 16.2 Å². The van der Waals surface area contributed by atoms with E-state index in [1.54, 1.807) is 12.3 Å². The van der Waals surface area contributed by atoms with Crippen LogP contribution in [0.15, 0.2) is 17.1 Å². The van der Waals surface area contributed by atoms with E-state index in [-0.39, 0.29) is 24.6 Å². The van der Waals surface area contributed by atoms with E-state index in [1.165, 1.54) is 11.6 Å². The number of anilines is 1. The van der Waals surface area contributed by atoms with E-state index in [9.17, 15) is 4.79 Å². The van der Waals surface area contributed by atoms with Gasteiger partial charge in [-0.05, 0) is 7.05 Å². The van der Waals surface area contributed by atoms with E-state index in [1.807, 2.05) is 13.8 Å². The standard InChI is InChI=1S/C9H12N3O4.C2H6.CH5N.CH4O.Tl/c13-5-6-1-2-8(16-6)12-4-3-7(11-15)10-9(12)14;3*1-2;/h3-4,6,8,13H,1-2,5H2,(H-,10,11,14,15);1-2H3;2H2,1H3;2H,1H3;/q-1;;;;+1. The zero-order chi connectivity index (χ0) is 18.3. The minimum absolute atomic E-state index is 0.0203. The van der Waals surface area contributed by atoms with Crippen molar-refractivity contribution >= 4 is 32.0 Å². The first-order valence-corrected chi connectivity index (χ1v) is 9.07. The molecule has 2 rings (SSSR count). The molecule has 0 radical (unpaired) electrons. The summed E-state index contributed by atoms with van der Waals surface area (Å²) in [6, 6.07) is 1.65. The topological polar surface area (TPSA) is 132 Å². The van der Waals surface area contributed by atoms with Crippen molar-refractivity contribution < 1.29 is 17.7 Å². The number of aromatic nitrogens is 2. The van der Waals surface area contributed by atoms with Gasteiger partial charge in [-0.15, -0.1) is 0 Å². The Morgan fingerprint density at radius 3 is 2.52 bits per heavy atom. The Morgan fingerprint density at radius 1 is 1.48 bits per heavy atom. The molecule has 1 fully saturated rings. The maximum absolute atomic E-state index is 11.7. The normalized spacial score (nSPS) is 18.3. The van der Waals surface area contributed by atoms with Gasteiger partial charge in [-0.1, -0.05) is 13.8 Å². The number of aliphatic hydroxyl groups is 2. The number of hydrogen-bond acceptors (Lipinski definition) is 8. The fraction of sp³-hybridized carbons (Fsp3) is 0.692. The first kappa shape index (κ1) is 24.7. The Balaban J connectivity index is 0. The molecular formula is C13H27N4O5Tl. The Morgan fingerprint density at radius 2 is 2.09 bits per heavy atom. The number of rotatable bonds is 4. The predicted molar refractivity (Wildman–Crippen MR) is 88.8 cm³/mol. The summed E-state index contributed by atoms with van der Waals surface area (Å²) < 4.78 is 11.8. The van der Waals surface area contributed by atoms with Gasteiger partial charge >= 0.3 is 114 Å². The molecule has 5 N–H and O–H groups in total. The van der Waals surface area contributed by atoms with Gasteiger partial charge in [0.1, 0.15) is 0 Å². The Bertz CT molecular complexity index is 447. The van der Waals surface area contributed by atoms with Crippen molar-refractivity contribution in [2.24, 2.45) is 5.73 Å². The maximum atomic E-state index is 11.7. The summed E-state index contributed by atoms with van der Waals surface area (Å²) in [5, 5.41) is 16.0. The molecule has 23 heavy (non-hydrogen) atoms. The van der Waals surface area contributed by atoms with E-state index in [4.69, 9.17) is 17.7 Å². The quantitative estimate of drug-likeness (QED) is 0.308. The first-order chi connectivity index (χ1) is 11.2. The third-order valence-electron chi connectivity index (χ3n) is 2.59. The number of nitrogens with one attached hydrogen (secondary N) is 1. The summed E-state index contributed by atoms with van der Waals surface area (Å²) in [5.41, 5.74) is 6.67. The summed E-state index contributed by atoms with van der Waals surface area (Å²) in [6.45, 7) is 3.98. The molecule has 1 aromatic heterocycles. The van der Waals surface area contributed by atoms with Crippen LogP contribution in [0.3, 0.4) is 0 Å². The molecule has 0 saturated carbocycles. The first-order valence-electron chi connectivity index (χ1n) is 7.24. The van der Waals surface area contributed by atoms with Crippen LogP contribution < -0.4 is 16.9 Å². The summed E-state index contributed by atoms with van der Waals surface area (Å²) in [5.74, 6) is 0.394. The molecule has 1 aliphatic rings. The van der Waals surface area contributed by atoms with Crippen LogP contribution >= 0.6 is 0 Å². The van der Waals surface area contributed by atoms with E-state index < -0.39 is 0 Å². The molecule has 0 aromatic carbocycles. The van der Waals surface area contributed by atoms with Crippen molar-refractivity contribution in [1.29, 1.82) is 0 Å². The van der Waals surface area contributed by atoms with Crippen LogP contribution in [0.4, 0.5) is 5.82 Å². The molecule has 0 amide bonds. The van der Waals surface area contributed by atoms with Crippen LogP contribution in [-0.4, -0.2) is 72.9 Å². The number of aliphatic hydroxyl groups excluding tert-OH is 2. The van der Waals surface area contributed by atoms with Crippen molar-refractivity contribution in [2.45, 2.75) is 39.0 Å². The molecule has 0 aliphatic carbocycles. The van der Waals surface area contributed by atoms with Gasteiger partial charge in [0, 0.05) is 7.11 Å². The van der Waals surface area contributed by atoms with Gasteiger partial charge < -0.3 is 10.8 Å². The molecular weight excluding hydrogens is 497 g/mol. The Labute approximate surface area is 153 Å². The molecule has 10 heteroatoms. The molecule has 0 bridgehead atoms. The van der Waals surface area contributed by atoms with E-state index in [0.29, 0.717) is 38.5 Å². The van der Waals surface area contributed by atoms with Crippen LogP contribution in [0.25, 0.3) is 0 Å². The Kier molecular flexibility index (Phi) is 17.4. The molecule has 2 atom stereocenters. The van der Waals surface area contributed by atoms with Crippen molar-refractivity contribution in [2.75, 3.05) is 26.2 Å². The van der Waals surface area contributed by atoms with E-state index in [0.717, 1.165) is 13.5 Å². The van der Waals surface area contributed by atoms with Gasteiger partial charge in [0.25, 0.3) is 0 Å². The molecule has 2 unspecified atom stereocenters. The Hall–Kier alpha value is -0.598. The van der Waals surface area contributed by atoms with Crippen LogP contribution in [0.2, 0.25) is 0 Å². The van der Waals surface area contributed by atoms with Gasteiger partial charge in [-0.2, -0.15) is 0 Å². The summed E-state index contributed by atoms with van der Waals surface area (Å²) >= 11 is 0.327. The molecule has 132 valence electrons. The average molecular weight is 524 g/mol. The van der Waals surface area contributed by atoms with Gasteiger partial charge in [-0.3, -0.25) is 0 Å². The van der Waals surface area contributed by atoms with Crippen molar-refractivity contribution in [1.82, 2.24) is 9.55 Å². The van der Waals surface area contributed by atoms with Gasteiger partial charge in [-0.25, -0.2) is 0 Å². The average Bonchev–Trinajstić information content (AvgIpc) is 3.09. The van der Waals surface area contributed by atoms with Crippen molar-refractivity contribution in [3.8, 4) is 0 Å². The second-order valence-corrected chi connectivity index (χ2v) is 4.61. The van der Waals surface area contributed by atoms with Crippen LogP contribution in [0, 0.1) is 0 Å². The summed E-state index contributed by atoms with van der Waals surface area (Å²) in [6.07, 6.45) is 2.55. The summed E-state index contributed by atoms with van der Waals surface area (Å²) in [7, 11) is 2.50. The molecule has 2 heterocycles. The zero-order valence-electron chi connectivity index (χ0n) is 14.1. The number of ether oxygens (including phenoxy) is 1. The molecule has 9 nitrogen and oxygen atoms in total. The van der Waals surface area contributed by atoms with Crippen LogP contribution in [0.5, 0.6) is 0 Å². The third kappa shape index (κ3) is 8.72. The fourth-order valence-corrected chi connectivity index (χ4v) is 2.24. The number of nitrogens with two attached hydrogens (primary N) is 1. The van der Waals surface area contributed by atoms with Gasteiger partial charge in [0.15, 0.2) is 0 Å². The van der Waals surface area contributed by atoms with Crippen molar-refractivity contribution in [3.05, 3.63) is 22.7 Å². The van der Waals surface area contributed by atoms with Crippen LogP contribution in [-0.2, 0) is 7.52 Å². The van der Waals surface area contributed by atoms with E-state index >= 15 is 0 Å². The second kappa shape index (κ2) is 16.3. The minimum atomic E-state index is -0.388. The van der Waals surface area contributed by atoms with Gasteiger partial charge in [0.05, 0.1) is 0 Å². The molecule has 1 aliphatic heterocycles. The monoisotopic (exact) mass is 524 g/mol. The van der Waals surface area contributed by atoms with Gasteiger partial charge in [0.2, 0.25) is 0 Å². The molecule has 0 spiro atoms. The number of nitrogens with zero attached hydrogens (tertiary/aromatic N) is 2. The third-order valence-corrected chi connectivity index (χ3v) is 3.05. The summed E-state index contributed by atoms with van der Waals surface area (Å²) in [4.78, 5) is 15.5.